The average Bonchev–Trinajstić information content (AvgIpc) is 2.39. The smallest absolute Gasteiger partial charge is 0.308 e. The lowest BCUT2D eigenvalue weighted by molar-refractivity contribution is -0.145. The molecule has 0 aromatic heterocycles. The lowest BCUT2D eigenvalue weighted by Crippen LogP contribution is -2.28. The molecular weight excluding hydrogens is 244 g/mol. The van der Waals surface area contributed by atoms with Gasteiger partial charge in [-0.25, -0.2) is 0 Å². The van der Waals surface area contributed by atoms with Gasteiger partial charge in [0.25, 0.3) is 0 Å². The van der Waals surface area contributed by atoms with E-state index in [4.69, 9.17) is 10.00 Å². The number of nitrogens with one attached hydrogen (secondary N) is 1. The van der Waals surface area contributed by atoms with Crippen molar-refractivity contribution in [2.24, 2.45) is 0 Å². The summed E-state index contributed by atoms with van der Waals surface area (Å²) < 4.78 is 4.75. The number of hydrogen-bond donors (Lipinski definition) is 1. The Balaban J connectivity index is 2.21. The molecule has 1 rings (SSSR count). The first-order valence-corrected chi connectivity index (χ1v) is 6.01. The van der Waals surface area contributed by atoms with Crippen molar-refractivity contribution < 1.29 is 14.3 Å². The normalized spacial score (nSPS) is 11.2. The lowest BCUT2D eigenvalue weighted by Gasteiger charge is -2.07. The summed E-state index contributed by atoms with van der Waals surface area (Å²) in [6, 6.07) is 11.1. The molecule has 0 aliphatic heterocycles. The molecule has 0 radical (unpaired) electrons. The number of hydrogen-bond acceptors (Lipinski definition) is 4. The van der Waals surface area contributed by atoms with Crippen molar-refractivity contribution in [3.8, 4) is 6.07 Å². The Kier molecular flexibility index (Phi) is 6.10. The maximum Gasteiger partial charge on any atom is 0.308 e. The summed E-state index contributed by atoms with van der Waals surface area (Å²) in [7, 11) is 0. The topological polar surface area (TPSA) is 79.2 Å². The molecule has 0 saturated heterocycles. The van der Waals surface area contributed by atoms with E-state index in [9.17, 15) is 9.59 Å². The zero-order chi connectivity index (χ0) is 14.1. The Labute approximate surface area is 112 Å². The van der Waals surface area contributed by atoms with Gasteiger partial charge in [0.2, 0.25) is 5.91 Å². The van der Waals surface area contributed by atoms with Crippen molar-refractivity contribution in [3.63, 3.8) is 0 Å². The quantitative estimate of drug-likeness (QED) is 0.779. The second-order valence-electron chi connectivity index (χ2n) is 4.02. The molecule has 0 saturated carbocycles. The van der Waals surface area contributed by atoms with Crippen molar-refractivity contribution in [2.45, 2.75) is 25.9 Å². The summed E-state index contributed by atoms with van der Waals surface area (Å²) in [4.78, 5) is 22.8. The van der Waals surface area contributed by atoms with Crippen LogP contribution < -0.4 is 5.32 Å². The van der Waals surface area contributed by atoms with Crippen molar-refractivity contribution in [2.75, 3.05) is 6.54 Å². The van der Waals surface area contributed by atoms with Crippen LogP contribution in [-0.4, -0.2) is 24.5 Å². The van der Waals surface area contributed by atoms with Gasteiger partial charge in [-0.15, -0.1) is 0 Å². The first-order chi connectivity index (χ1) is 9.11. The van der Waals surface area contributed by atoms with Gasteiger partial charge in [-0.05, 0) is 12.5 Å². The summed E-state index contributed by atoms with van der Waals surface area (Å²) in [6.07, 6.45) is -0.413. The predicted octanol–water partition coefficient (Wildman–Crippen LogP) is 1.19. The van der Waals surface area contributed by atoms with E-state index in [0.717, 1.165) is 5.56 Å². The summed E-state index contributed by atoms with van der Waals surface area (Å²) in [5.41, 5.74) is 0.917. The fourth-order valence-electron chi connectivity index (χ4n) is 1.43. The highest BCUT2D eigenvalue weighted by Gasteiger charge is 2.09. The Bertz CT molecular complexity index is 465. The highest BCUT2D eigenvalue weighted by molar-refractivity contribution is 5.79. The van der Waals surface area contributed by atoms with E-state index in [-0.39, 0.29) is 25.3 Å². The minimum atomic E-state index is -0.757. The van der Waals surface area contributed by atoms with Crippen LogP contribution in [0.15, 0.2) is 30.3 Å². The molecule has 5 nitrogen and oxygen atoms in total. The molecule has 1 amide bonds. The van der Waals surface area contributed by atoms with Gasteiger partial charge in [0.15, 0.2) is 6.10 Å². The standard InChI is InChI=1S/C14H16N2O3/c1-11(10-15)19-14(18)7-8-16-13(17)9-12-5-3-2-4-6-12/h2-6,11H,7-9H2,1H3,(H,16,17). The largest absolute Gasteiger partial charge is 0.447 e. The Morgan fingerprint density at radius 3 is 2.68 bits per heavy atom. The molecule has 5 heteroatoms. The van der Waals surface area contributed by atoms with Crippen molar-refractivity contribution in [3.05, 3.63) is 35.9 Å². The predicted molar refractivity (Wildman–Crippen MR) is 68.9 cm³/mol. The van der Waals surface area contributed by atoms with Crippen LogP contribution in [0.4, 0.5) is 0 Å². The molecule has 0 aliphatic rings. The summed E-state index contributed by atoms with van der Waals surface area (Å²) in [5, 5.41) is 11.1. The van der Waals surface area contributed by atoms with Crippen LogP contribution in [0.25, 0.3) is 0 Å². The Morgan fingerprint density at radius 2 is 2.05 bits per heavy atom. The van der Waals surface area contributed by atoms with E-state index in [0.29, 0.717) is 0 Å². The molecule has 1 N–H and O–H groups in total. The molecule has 0 aliphatic carbocycles. The van der Waals surface area contributed by atoms with Gasteiger partial charge >= 0.3 is 5.97 Å². The third-order valence-corrected chi connectivity index (χ3v) is 2.35. The molecule has 19 heavy (non-hydrogen) atoms. The molecular formula is C14H16N2O3. The monoisotopic (exact) mass is 260 g/mol. The van der Waals surface area contributed by atoms with Gasteiger partial charge in [-0.2, -0.15) is 5.26 Å². The molecule has 0 fully saturated rings. The zero-order valence-corrected chi connectivity index (χ0v) is 10.8. The van der Waals surface area contributed by atoms with E-state index in [1.54, 1.807) is 6.07 Å². The van der Waals surface area contributed by atoms with Crippen LogP contribution >= 0.6 is 0 Å². The molecule has 0 bridgehead atoms. The molecule has 0 spiro atoms. The fraction of sp³-hybridized carbons (Fsp3) is 0.357. The molecule has 1 aromatic rings. The Hall–Kier alpha value is -2.35. The van der Waals surface area contributed by atoms with Crippen molar-refractivity contribution in [1.82, 2.24) is 5.32 Å². The van der Waals surface area contributed by atoms with Crippen LogP contribution in [0.1, 0.15) is 18.9 Å². The first-order valence-electron chi connectivity index (χ1n) is 6.01. The van der Waals surface area contributed by atoms with Gasteiger partial charge in [-0.3, -0.25) is 9.59 Å². The number of amides is 1. The van der Waals surface area contributed by atoms with E-state index < -0.39 is 12.1 Å². The summed E-state index contributed by atoms with van der Waals surface area (Å²) in [5.74, 6) is -0.638. The van der Waals surface area contributed by atoms with Crippen molar-refractivity contribution >= 4 is 11.9 Å². The summed E-state index contributed by atoms with van der Waals surface area (Å²) >= 11 is 0. The number of benzene rings is 1. The first kappa shape index (κ1) is 14.7. The minimum absolute atomic E-state index is 0.0621. The van der Waals surface area contributed by atoms with E-state index in [1.807, 2.05) is 30.3 Å². The van der Waals surface area contributed by atoms with E-state index >= 15 is 0 Å². The third kappa shape index (κ3) is 6.22. The average molecular weight is 260 g/mol. The van der Waals surface area contributed by atoms with Crippen LogP contribution in [0.3, 0.4) is 0 Å². The zero-order valence-electron chi connectivity index (χ0n) is 10.8. The van der Waals surface area contributed by atoms with Crippen LogP contribution in [-0.2, 0) is 20.7 Å². The van der Waals surface area contributed by atoms with Gasteiger partial charge in [0.05, 0.1) is 12.8 Å². The minimum Gasteiger partial charge on any atom is -0.447 e. The molecule has 100 valence electrons. The van der Waals surface area contributed by atoms with Crippen molar-refractivity contribution in [1.29, 1.82) is 5.26 Å². The Morgan fingerprint density at radius 1 is 1.37 bits per heavy atom. The van der Waals surface area contributed by atoms with Gasteiger partial charge in [0.1, 0.15) is 6.07 Å². The number of esters is 1. The van der Waals surface area contributed by atoms with Gasteiger partial charge in [-0.1, -0.05) is 30.3 Å². The molecule has 1 unspecified atom stereocenters. The number of carbonyl (C=O) groups excluding carboxylic acids is 2. The number of rotatable bonds is 6. The second kappa shape index (κ2) is 7.88. The SMILES string of the molecule is CC(C#N)OC(=O)CCNC(=O)Cc1ccccc1. The van der Waals surface area contributed by atoms with E-state index in [1.165, 1.54) is 6.92 Å². The van der Waals surface area contributed by atoms with Gasteiger partial charge in [0, 0.05) is 6.54 Å². The second-order valence-corrected chi connectivity index (χ2v) is 4.02. The van der Waals surface area contributed by atoms with E-state index in [2.05, 4.69) is 5.32 Å². The van der Waals surface area contributed by atoms with Crippen LogP contribution in [0, 0.1) is 11.3 Å². The number of nitriles is 1. The maximum atomic E-state index is 11.6. The number of nitrogens with zero attached hydrogens (tertiary/aromatic N) is 1. The maximum absolute atomic E-state index is 11.6. The lowest BCUT2D eigenvalue weighted by atomic mass is 10.1. The highest BCUT2D eigenvalue weighted by atomic mass is 16.5. The fourth-order valence-corrected chi connectivity index (χ4v) is 1.43. The molecule has 1 aromatic carbocycles. The number of carbonyl (C=O) groups is 2. The summed E-state index contributed by atoms with van der Waals surface area (Å²) in [6.45, 7) is 1.70. The number of ether oxygens (including phenoxy) is 1. The van der Waals surface area contributed by atoms with Crippen LogP contribution in [0.2, 0.25) is 0 Å². The van der Waals surface area contributed by atoms with Crippen LogP contribution in [0.5, 0.6) is 0 Å². The molecule has 1 atom stereocenters. The third-order valence-electron chi connectivity index (χ3n) is 2.35. The molecule has 0 heterocycles. The highest BCUT2D eigenvalue weighted by Crippen LogP contribution is 1.99. The van der Waals surface area contributed by atoms with Gasteiger partial charge < -0.3 is 10.1 Å².